The Morgan fingerprint density at radius 2 is 2.00 bits per heavy atom. The molecule has 2 rings (SSSR count). The Bertz CT molecular complexity index is 285. The van der Waals surface area contributed by atoms with Gasteiger partial charge >= 0.3 is 0 Å². The quantitative estimate of drug-likeness (QED) is 0.652. The van der Waals surface area contributed by atoms with Gasteiger partial charge in [-0.25, -0.2) is 0 Å². The molecule has 0 spiro atoms. The smallest absolute Gasteiger partial charge is 0.0500 e. The summed E-state index contributed by atoms with van der Waals surface area (Å²) in [6, 6.07) is 8.23. The van der Waals surface area contributed by atoms with Crippen molar-refractivity contribution in [3.05, 3.63) is 35.4 Å². The van der Waals surface area contributed by atoms with Gasteiger partial charge in [0, 0.05) is 12.0 Å². The van der Waals surface area contributed by atoms with E-state index in [9.17, 15) is 0 Å². The van der Waals surface area contributed by atoms with E-state index in [1.165, 1.54) is 11.1 Å². The summed E-state index contributed by atoms with van der Waals surface area (Å²) in [7, 11) is 0. The zero-order valence-corrected chi connectivity index (χ0v) is 6.90. The van der Waals surface area contributed by atoms with E-state index in [1.807, 2.05) is 12.1 Å². The highest BCUT2D eigenvalue weighted by Crippen LogP contribution is 2.37. The first-order valence-corrected chi connectivity index (χ1v) is 4.28. The molecule has 0 radical (unpaired) electrons. The van der Waals surface area contributed by atoms with Crippen molar-refractivity contribution < 1.29 is 5.11 Å². The Labute approximate surface area is 72.0 Å². The summed E-state index contributed by atoms with van der Waals surface area (Å²) in [5, 5.41) is 9.08. The number of aliphatic hydroxyl groups excluding tert-OH is 1. The van der Waals surface area contributed by atoms with Crippen LogP contribution in [0.2, 0.25) is 0 Å². The summed E-state index contributed by atoms with van der Waals surface area (Å²) in [4.78, 5) is 0. The van der Waals surface area contributed by atoms with Crippen molar-refractivity contribution >= 4 is 0 Å². The normalized spacial score (nSPS) is 27.2. The van der Waals surface area contributed by atoms with Crippen molar-refractivity contribution in [2.75, 3.05) is 6.61 Å². The van der Waals surface area contributed by atoms with Gasteiger partial charge < -0.3 is 10.8 Å². The fraction of sp³-hybridized carbons (Fsp3) is 0.400. The minimum atomic E-state index is 0.123. The van der Waals surface area contributed by atoms with E-state index in [2.05, 4.69) is 12.1 Å². The fourth-order valence-electron chi connectivity index (χ4n) is 1.95. The molecule has 12 heavy (non-hydrogen) atoms. The predicted molar refractivity (Wildman–Crippen MR) is 47.8 cm³/mol. The largest absolute Gasteiger partial charge is 0.396 e. The van der Waals surface area contributed by atoms with Crippen LogP contribution >= 0.6 is 0 Å². The molecule has 1 aromatic rings. The standard InChI is InChI=1S/C10H13NO/c11-10-5-7(6-12)8-3-1-2-4-9(8)10/h1-4,7,10,12H,5-6,11H2/t7-,10+/m0/s1. The van der Waals surface area contributed by atoms with E-state index in [1.54, 1.807) is 0 Å². The van der Waals surface area contributed by atoms with Gasteiger partial charge in [0.2, 0.25) is 0 Å². The van der Waals surface area contributed by atoms with Crippen LogP contribution in [0.15, 0.2) is 24.3 Å². The molecule has 1 aliphatic carbocycles. The summed E-state index contributed by atoms with van der Waals surface area (Å²) < 4.78 is 0. The molecule has 64 valence electrons. The van der Waals surface area contributed by atoms with Crippen LogP contribution in [0.1, 0.15) is 29.5 Å². The van der Waals surface area contributed by atoms with E-state index in [-0.39, 0.29) is 18.6 Å². The Morgan fingerprint density at radius 3 is 2.67 bits per heavy atom. The Balaban J connectivity index is 2.43. The van der Waals surface area contributed by atoms with Crippen LogP contribution in [-0.2, 0) is 0 Å². The topological polar surface area (TPSA) is 46.2 Å². The predicted octanol–water partition coefficient (Wildman–Crippen LogP) is 1.17. The summed E-state index contributed by atoms with van der Waals surface area (Å²) >= 11 is 0. The van der Waals surface area contributed by atoms with Crippen molar-refractivity contribution in [1.82, 2.24) is 0 Å². The van der Waals surface area contributed by atoms with Gasteiger partial charge in [-0.1, -0.05) is 24.3 Å². The fourth-order valence-corrected chi connectivity index (χ4v) is 1.95. The van der Waals surface area contributed by atoms with Gasteiger partial charge in [-0.15, -0.1) is 0 Å². The van der Waals surface area contributed by atoms with Crippen LogP contribution in [0.4, 0.5) is 0 Å². The van der Waals surface area contributed by atoms with Gasteiger partial charge in [-0.3, -0.25) is 0 Å². The highest BCUT2D eigenvalue weighted by atomic mass is 16.3. The molecule has 2 atom stereocenters. The molecule has 1 aromatic carbocycles. The van der Waals surface area contributed by atoms with Gasteiger partial charge in [-0.05, 0) is 17.5 Å². The minimum absolute atomic E-state index is 0.123. The lowest BCUT2D eigenvalue weighted by Gasteiger charge is -2.05. The van der Waals surface area contributed by atoms with E-state index in [0.29, 0.717) is 0 Å². The number of fused-ring (bicyclic) bond motifs is 1. The van der Waals surface area contributed by atoms with Crippen molar-refractivity contribution in [2.45, 2.75) is 18.4 Å². The number of hydrogen-bond donors (Lipinski definition) is 2. The molecule has 0 saturated carbocycles. The van der Waals surface area contributed by atoms with E-state index in [4.69, 9.17) is 10.8 Å². The highest BCUT2D eigenvalue weighted by molar-refractivity contribution is 5.37. The number of nitrogens with two attached hydrogens (primary N) is 1. The third-order valence-corrected chi connectivity index (χ3v) is 2.59. The Hall–Kier alpha value is -0.860. The number of hydrogen-bond acceptors (Lipinski definition) is 2. The molecule has 0 saturated heterocycles. The highest BCUT2D eigenvalue weighted by Gasteiger charge is 2.26. The first-order valence-electron chi connectivity index (χ1n) is 4.28. The van der Waals surface area contributed by atoms with Crippen molar-refractivity contribution in [1.29, 1.82) is 0 Å². The minimum Gasteiger partial charge on any atom is -0.396 e. The summed E-state index contributed by atoms with van der Waals surface area (Å²) in [5.74, 6) is 0.260. The molecule has 0 fully saturated rings. The van der Waals surface area contributed by atoms with Gasteiger partial charge in [0.1, 0.15) is 0 Å². The van der Waals surface area contributed by atoms with E-state index >= 15 is 0 Å². The molecule has 2 heteroatoms. The molecular weight excluding hydrogens is 150 g/mol. The maximum absolute atomic E-state index is 9.08. The van der Waals surface area contributed by atoms with Crippen molar-refractivity contribution in [3.8, 4) is 0 Å². The molecule has 0 aromatic heterocycles. The van der Waals surface area contributed by atoms with Crippen molar-refractivity contribution in [2.24, 2.45) is 5.73 Å². The summed E-state index contributed by atoms with van der Waals surface area (Å²) in [6.45, 7) is 0.213. The van der Waals surface area contributed by atoms with E-state index in [0.717, 1.165) is 6.42 Å². The second-order valence-corrected chi connectivity index (χ2v) is 3.35. The first kappa shape index (κ1) is 7.77. The number of benzene rings is 1. The van der Waals surface area contributed by atoms with Gasteiger partial charge in [-0.2, -0.15) is 0 Å². The van der Waals surface area contributed by atoms with Crippen molar-refractivity contribution in [3.63, 3.8) is 0 Å². The third kappa shape index (κ3) is 1.04. The molecular formula is C10H13NO. The Morgan fingerprint density at radius 1 is 1.33 bits per heavy atom. The summed E-state index contributed by atoms with van der Waals surface area (Å²) in [5.41, 5.74) is 8.34. The lowest BCUT2D eigenvalue weighted by atomic mass is 10.0. The monoisotopic (exact) mass is 163 g/mol. The SMILES string of the molecule is N[C@@H]1C[C@@H](CO)c2ccccc21. The maximum Gasteiger partial charge on any atom is 0.0500 e. The van der Waals surface area contributed by atoms with E-state index < -0.39 is 0 Å². The summed E-state index contributed by atoms with van der Waals surface area (Å²) in [6.07, 6.45) is 0.885. The van der Waals surface area contributed by atoms with Crippen LogP contribution < -0.4 is 5.73 Å². The second-order valence-electron chi connectivity index (χ2n) is 3.35. The van der Waals surface area contributed by atoms with Crippen LogP contribution in [0.3, 0.4) is 0 Å². The molecule has 0 bridgehead atoms. The molecule has 3 N–H and O–H groups in total. The molecule has 0 amide bonds. The van der Waals surface area contributed by atoms with Crippen LogP contribution in [0.5, 0.6) is 0 Å². The van der Waals surface area contributed by atoms with Gasteiger partial charge in [0.15, 0.2) is 0 Å². The number of aliphatic hydroxyl groups is 1. The lowest BCUT2D eigenvalue weighted by Crippen LogP contribution is -2.06. The average Bonchev–Trinajstić information content (AvgIpc) is 2.44. The Kier molecular flexibility index (Phi) is 1.87. The zero-order valence-electron chi connectivity index (χ0n) is 6.90. The maximum atomic E-state index is 9.08. The van der Waals surface area contributed by atoms with Gasteiger partial charge in [0.05, 0.1) is 6.61 Å². The first-order chi connectivity index (χ1) is 5.83. The molecule has 0 heterocycles. The third-order valence-electron chi connectivity index (χ3n) is 2.59. The molecule has 0 aliphatic heterocycles. The van der Waals surface area contributed by atoms with Crippen LogP contribution in [-0.4, -0.2) is 11.7 Å². The van der Waals surface area contributed by atoms with Crippen LogP contribution in [0, 0.1) is 0 Å². The number of rotatable bonds is 1. The zero-order chi connectivity index (χ0) is 8.55. The second kappa shape index (κ2) is 2.88. The average molecular weight is 163 g/mol. The molecule has 0 unspecified atom stereocenters. The molecule has 1 aliphatic rings. The van der Waals surface area contributed by atoms with Gasteiger partial charge in [0.25, 0.3) is 0 Å². The van der Waals surface area contributed by atoms with Crippen LogP contribution in [0.25, 0.3) is 0 Å². The molecule has 2 nitrogen and oxygen atoms in total. The lowest BCUT2D eigenvalue weighted by molar-refractivity contribution is 0.261.